The largest absolute Gasteiger partial charge is 1.00 e. The summed E-state index contributed by atoms with van der Waals surface area (Å²) >= 11 is 0. The molecule has 3 aromatic rings. The standard InChI is InChI=1S/C23H23N3O6.Na/c1-26-9-8-19(27)21(22(26)30)25-23(31)24-18(13-20(28)29)16-10-15(11-17(12-16)32-2)14-6-4-3-5-7-14;/h3-12,18,27H,13H2,1-2H3,(H,28,29)(H2,24,25,31);/q;+1/p-1. The number of aromatic nitrogens is 1. The number of amides is 2. The monoisotopic (exact) mass is 459 g/mol. The summed E-state index contributed by atoms with van der Waals surface area (Å²) in [5.74, 6) is -1.30. The second-order valence-corrected chi connectivity index (χ2v) is 7.08. The molecule has 0 spiro atoms. The Bertz CT molecular complexity index is 1200. The Hall–Kier alpha value is -3.27. The Morgan fingerprint density at radius 2 is 1.82 bits per heavy atom. The van der Waals surface area contributed by atoms with Crippen LogP contribution in [0.25, 0.3) is 11.1 Å². The van der Waals surface area contributed by atoms with Crippen LogP contribution in [0, 0.1) is 0 Å². The van der Waals surface area contributed by atoms with E-state index in [1.807, 2.05) is 30.3 Å². The van der Waals surface area contributed by atoms with Crippen LogP contribution in [-0.2, 0) is 11.8 Å². The zero-order chi connectivity index (χ0) is 23.3. The Morgan fingerprint density at radius 3 is 2.45 bits per heavy atom. The van der Waals surface area contributed by atoms with Crippen LogP contribution in [0.2, 0.25) is 0 Å². The second-order valence-electron chi connectivity index (χ2n) is 7.08. The van der Waals surface area contributed by atoms with Crippen molar-refractivity contribution in [1.82, 2.24) is 9.88 Å². The van der Waals surface area contributed by atoms with Crippen molar-refractivity contribution in [3.05, 3.63) is 76.7 Å². The molecule has 2 amide bonds. The molecule has 3 N–H and O–H groups in total. The number of benzene rings is 2. The summed E-state index contributed by atoms with van der Waals surface area (Å²) in [5.41, 5.74) is 1.06. The van der Waals surface area contributed by atoms with Crippen molar-refractivity contribution >= 4 is 17.7 Å². The van der Waals surface area contributed by atoms with Crippen molar-refractivity contribution < 1.29 is 54.1 Å². The van der Waals surface area contributed by atoms with Crippen LogP contribution in [-0.4, -0.2) is 28.8 Å². The molecular weight excluding hydrogens is 437 g/mol. The Morgan fingerprint density at radius 1 is 1.12 bits per heavy atom. The van der Waals surface area contributed by atoms with E-state index < -0.39 is 41.5 Å². The number of hydrogen-bond donors (Lipinski definition) is 3. The van der Waals surface area contributed by atoms with Crippen LogP contribution in [0.4, 0.5) is 10.5 Å². The molecule has 0 saturated heterocycles. The smallest absolute Gasteiger partial charge is 0.871 e. The van der Waals surface area contributed by atoms with Gasteiger partial charge in [-0.05, 0) is 34.9 Å². The van der Waals surface area contributed by atoms with Gasteiger partial charge in [-0.3, -0.25) is 9.59 Å². The van der Waals surface area contributed by atoms with Gasteiger partial charge in [0, 0.05) is 13.2 Å². The molecule has 0 fully saturated rings. The fourth-order valence-electron chi connectivity index (χ4n) is 3.20. The summed E-state index contributed by atoms with van der Waals surface area (Å²) < 4.78 is 6.51. The molecule has 2 aromatic carbocycles. The number of hydrogen-bond acceptors (Lipinski definition) is 5. The first-order valence-electron chi connectivity index (χ1n) is 9.69. The van der Waals surface area contributed by atoms with E-state index in [2.05, 4.69) is 10.6 Å². The SMILES string of the molecule is COc1cc(-c2ccccc2)cc(C(CC(=O)O)NC(=O)Nc2c([O-])ccn(C)c2=O)c1.[Na+]. The number of carboxylic acid groups (broad SMARTS) is 1. The molecule has 0 aliphatic heterocycles. The molecule has 3 rings (SSSR count). The predicted octanol–water partition coefficient (Wildman–Crippen LogP) is -0.524. The van der Waals surface area contributed by atoms with Crippen molar-refractivity contribution in [3.8, 4) is 22.6 Å². The zero-order valence-corrected chi connectivity index (χ0v) is 20.5. The summed E-state index contributed by atoms with van der Waals surface area (Å²) in [7, 11) is 2.93. The minimum absolute atomic E-state index is 0. The van der Waals surface area contributed by atoms with Gasteiger partial charge in [0.1, 0.15) is 11.4 Å². The number of methoxy groups -OCH3 is 1. The van der Waals surface area contributed by atoms with E-state index in [0.29, 0.717) is 11.3 Å². The Balaban J connectivity index is 0.00000385. The van der Waals surface area contributed by atoms with E-state index in [0.717, 1.165) is 21.8 Å². The minimum atomic E-state index is -1.14. The molecule has 0 bridgehead atoms. The van der Waals surface area contributed by atoms with Gasteiger partial charge in [0.2, 0.25) is 0 Å². The maximum absolute atomic E-state index is 12.6. The van der Waals surface area contributed by atoms with Gasteiger partial charge in [-0.15, -0.1) is 0 Å². The Labute approximate surface area is 212 Å². The fraction of sp³-hybridized carbons (Fsp3) is 0.174. The third-order valence-corrected chi connectivity index (χ3v) is 4.83. The second kappa shape index (κ2) is 11.6. The maximum atomic E-state index is 12.6. The molecular formula is C23H22N3NaO6. The van der Waals surface area contributed by atoms with Crippen molar-refractivity contribution in [2.45, 2.75) is 12.5 Å². The van der Waals surface area contributed by atoms with Gasteiger partial charge in [0.15, 0.2) is 0 Å². The summed E-state index contributed by atoms with van der Waals surface area (Å²) in [4.78, 5) is 36.2. The van der Waals surface area contributed by atoms with Crippen molar-refractivity contribution in [2.24, 2.45) is 7.05 Å². The average Bonchev–Trinajstić information content (AvgIpc) is 2.78. The first kappa shape index (κ1) is 26.0. The quantitative estimate of drug-likeness (QED) is 0.407. The Kier molecular flexibility index (Phi) is 9.10. The molecule has 0 aliphatic carbocycles. The molecule has 1 unspecified atom stereocenters. The molecule has 1 atom stereocenters. The van der Waals surface area contributed by atoms with Gasteiger partial charge in [0.25, 0.3) is 5.56 Å². The van der Waals surface area contributed by atoms with Gasteiger partial charge < -0.3 is 30.2 Å². The number of aryl methyl sites for hydroxylation is 1. The number of aliphatic carboxylic acids is 1. The summed E-state index contributed by atoms with van der Waals surface area (Å²) in [6.07, 6.45) is 0.869. The number of anilines is 1. The van der Waals surface area contributed by atoms with Gasteiger partial charge in [-0.25, -0.2) is 4.79 Å². The van der Waals surface area contributed by atoms with E-state index in [9.17, 15) is 24.6 Å². The average molecular weight is 459 g/mol. The molecule has 166 valence electrons. The van der Waals surface area contributed by atoms with Crippen LogP contribution in [0.5, 0.6) is 11.5 Å². The number of carbonyl (C=O) groups excluding carboxylic acids is 1. The van der Waals surface area contributed by atoms with E-state index >= 15 is 0 Å². The molecule has 9 nitrogen and oxygen atoms in total. The molecule has 0 saturated carbocycles. The van der Waals surface area contributed by atoms with Crippen LogP contribution < -0.4 is 55.6 Å². The normalized spacial score (nSPS) is 11.1. The van der Waals surface area contributed by atoms with Crippen LogP contribution in [0.3, 0.4) is 0 Å². The minimum Gasteiger partial charge on any atom is -0.871 e. The van der Waals surface area contributed by atoms with Crippen LogP contribution >= 0.6 is 0 Å². The third kappa shape index (κ3) is 6.61. The van der Waals surface area contributed by atoms with E-state index in [-0.39, 0.29) is 29.6 Å². The summed E-state index contributed by atoms with van der Waals surface area (Å²) in [6, 6.07) is 13.9. The number of carbonyl (C=O) groups is 2. The van der Waals surface area contributed by atoms with Gasteiger partial charge >= 0.3 is 41.6 Å². The van der Waals surface area contributed by atoms with Crippen LogP contribution in [0.15, 0.2) is 65.6 Å². The van der Waals surface area contributed by atoms with E-state index in [1.54, 1.807) is 18.2 Å². The number of nitrogens with zero attached hydrogens (tertiary/aromatic N) is 1. The number of urea groups is 1. The molecule has 0 aliphatic rings. The molecule has 0 radical (unpaired) electrons. The fourth-order valence-corrected chi connectivity index (χ4v) is 3.20. The molecule has 1 aromatic heterocycles. The third-order valence-electron chi connectivity index (χ3n) is 4.83. The number of ether oxygens (including phenoxy) is 1. The first-order valence-corrected chi connectivity index (χ1v) is 9.69. The maximum Gasteiger partial charge on any atom is 1.00 e. The van der Waals surface area contributed by atoms with Gasteiger partial charge in [0.05, 0.1) is 19.6 Å². The van der Waals surface area contributed by atoms with Crippen molar-refractivity contribution in [2.75, 3.05) is 12.4 Å². The number of rotatable bonds is 7. The van der Waals surface area contributed by atoms with E-state index in [4.69, 9.17) is 4.74 Å². The molecule has 33 heavy (non-hydrogen) atoms. The van der Waals surface area contributed by atoms with Gasteiger partial charge in [-0.2, -0.15) is 0 Å². The number of carboxylic acids is 1. The van der Waals surface area contributed by atoms with Crippen molar-refractivity contribution in [3.63, 3.8) is 0 Å². The number of pyridine rings is 1. The topological polar surface area (TPSA) is 133 Å². The van der Waals surface area contributed by atoms with Crippen molar-refractivity contribution in [1.29, 1.82) is 0 Å². The first-order chi connectivity index (χ1) is 15.3. The predicted molar refractivity (Wildman–Crippen MR) is 117 cm³/mol. The summed E-state index contributed by atoms with van der Waals surface area (Å²) in [5, 5.41) is 26.2. The van der Waals surface area contributed by atoms with Crippen LogP contribution in [0.1, 0.15) is 18.0 Å². The zero-order valence-electron chi connectivity index (χ0n) is 18.5. The van der Waals surface area contributed by atoms with E-state index in [1.165, 1.54) is 20.4 Å². The summed E-state index contributed by atoms with van der Waals surface area (Å²) in [6.45, 7) is 0. The molecule has 10 heteroatoms. The number of nitrogens with one attached hydrogen (secondary N) is 2. The molecule has 1 heterocycles. The van der Waals surface area contributed by atoms with Gasteiger partial charge in [-0.1, -0.05) is 42.1 Å².